The fourth-order valence-electron chi connectivity index (χ4n) is 3.32. The Bertz CT molecular complexity index is 544. The Kier molecular flexibility index (Phi) is 7.50. The normalized spacial score (nSPS) is 18.8. The molecule has 4 nitrogen and oxygen atoms in total. The van der Waals surface area contributed by atoms with Crippen molar-refractivity contribution in [2.45, 2.75) is 33.1 Å². The lowest BCUT2D eigenvalue weighted by Crippen LogP contribution is -2.41. The lowest BCUT2D eigenvalue weighted by molar-refractivity contribution is 0.324. The fourth-order valence-corrected chi connectivity index (χ4v) is 3.32. The van der Waals surface area contributed by atoms with Gasteiger partial charge >= 0.3 is 0 Å². The first-order chi connectivity index (χ1) is 11.6. The monoisotopic (exact) mass is 334 g/mol. The summed E-state index contributed by atoms with van der Waals surface area (Å²) in [5.41, 5.74) is 2.17. The molecule has 1 atom stereocenters. The van der Waals surface area contributed by atoms with E-state index in [2.05, 4.69) is 27.4 Å². The maximum Gasteiger partial charge on any atom is 0.190 e. The summed E-state index contributed by atoms with van der Waals surface area (Å²) in [5, 5.41) is 6.79. The van der Waals surface area contributed by atoms with Gasteiger partial charge < -0.3 is 15.5 Å². The molecule has 2 rings (SSSR count). The van der Waals surface area contributed by atoms with Gasteiger partial charge in [-0.3, -0.25) is 4.99 Å². The third kappa shape index (κ3) is 5.78. The lowest BCUT2D eigenvalue weighted by Gasteiger charge is -2.17. The summed E-state index contributed by atoms with van der Waals surface area (Å²) >= 11 is 0. The number of likely N-dealkylation sites (tertiary alicyclic amines) is 1. The minimum absolute atomic E-state index is 0.171. The maximum absolute atomic E-state index is 13.1. The standard InChI is InChI=1S/C19H31FN4/c1-4-10-24-11-8-16(14-24)13-23-19(21-3)22-9-7-17-5-6-18(20)12-15(17)2/h5-6,12,16H,4,7-11,13-14H2,1-3H3,(H2,21,22,23). The third-order valence-electron chi connectivity index (χ3n) is 4.68. The Balaban J connectivity index is 1.69. The third-order valence-corrected chi connectivity index (χ3v) is 4.68. The van der Waals surface area contributed by atoms with Crippen LogP contribution in [0.1, 0.15) is 30.9 Å². The molecule has 1 aliphatic heterocycles. The van der Waals surface area contributed by atoms with Gasteiger partial charge in [0, 0.05) is 26.7 Å². The molecule has 5 heteroatoms. The van der Waals surface area contributed by atoms with E-state index in [1.54, 1.807) is 13.1 Å². The highest BCUT2D eigenvalue weighted by molar-refractivity contribution is 5.79. The van der Waals surface area contributed by atoms with Gasteiger partial charge in [0.1, 0.15) is 5.82 Å². The van der Waals surface area contributed by atoms with E-state index in [1.165, 1.54) is 44.1 Å². The number of rotatable bonds is 7. The number of hydrogen-bond donors (Lipinski definition) is 2. The molecule has 1 unspecified atom stereocenters. The van der Waals surface area contributed by atoms with Crippen molar-refractivity contribution in [1.82, 2.24) is 15.5 Å². The first-order valence-electron chi connectivity index (χ1n) is 9.04. The highest BCUT2D eigenvalue weighted by Gasteiger charge is 2.21. The summed E-state index contributed by atoms with van der Waals surface area (Å²) in [6.45, 7) is 9.56. The van der Waals surface area contributed by atoms with Crippen molar-refractivity contribution < 1.29 is 4.39 Å². The van der Waals surface area contributed by atoms with Crippen LogP contribution in [0, 0.1) is 18.7 Å². The van der Waals surface area contributed by atoms with E-state index in [4.69, 9.17) is 0 Å². The van der Waals surface area contributed by atoms with Crippen LogP contribution in [0.25, 0.3) is 0 Å². The summed E-state index contributed by atoms with van der Waals surface area (Å²) < 4.78 is 13.1. The number of guanidine groups is 1. The van der Waals surface area contributed by atoms with Crippen molar-refractivity contribution >= 4 is 5.96 Å². The topological polar surface area (TPSA) is 39.7 Å². The van der Waals surface area contributed by atoms with E-state index < -0.39 is 0 Å². The van der Waals surface area contributed by atoms with Gasteiger partial charge in [0.15, 0.2) is 5.96 Å². The molecule has 0 amide bonds. The Hall–Kier alpha value is -1.62. The first-order valence-corrected chi connectivity index (χ1v) is 9.04. The van der Waals surface area contributed by atoms with Crippen molar-refractivity contribution in [3.8, 4) is 0 Å². The molecule has 1 saturated heterocycles. The maximum atomic E-state index is 13.1. The fraction of sp³-hybridized carbons (Fsp3) is 0.632. The van der Waals surface area contributed by atoms with Crippen LogP contribution in [-0.2, 0) is 6.42 Å². The first kappa shape index (κ1) is 18.7. The highest BCUT2D eigenvalue weighted by atomic mass is 19.1. The van der Waals surface area contributed by atoms with Crippen molar-refractivity contribution in [1.29, 1.82) is 0 Å². The minimum Gasteiger partial charge on any atom is -0.356 e. The number of nitrogens with zero attached hydrogens (tertiary/aromatic N) is 2. The van der Waals surface area contributed by atoms with Crippen LogP contribution in [0.15, 0.2) is 23.2 Å². The summed E-state index contributed by atoms with van der Waals surface area (Å²) in [6, 6.07) is 4.98. The van der Waals surface area contributed by atoms with Crippen LogP contribution in [0.4, 0.5) is 4.39 Å². The van der Waals surface area contributed by atoms with Crippen molar-refractivity contribution in [2.24, 2.45) is 10.9 Å². The second-order valence-corrected chi connectivity index (χ2v) is 6.66. The van der Waals surface area contributed by atoms with Crippen molar-refractivity contribution in [3.63, 3.8) is 0 Å². The summed E-state index contributed by atoms with van der Waals surface area (Å²) in [4.78, 5) is 6.83. The zero-order valence-electron chi connectivity index (χ0n) is 15.2. The molecular weight excluding hydrogens is 303 g/mol. The zero-order valence-corrected chi connectivity index (χ0v) is 15.2. The van der Waals surface area contributed by atoms with E-state index in [1.807, 2.05) is 13.0 Å². The van der Waals surface area contributed by atoms with Crippen LogP contribution < -0.4 is 10.6 Å². The summed E-state index contributed by atoms with van der Waals surface area (Å²) in [7, 11) is 1.80. The quantitative estimate of drug-likeness (QED) is 0.595. The Morgan fingerprint density at radius 1 is 1.38 bits per heavy atom. The average molecular weight is 334 g/mol. The van der Waals surface area contributed by atoms with E-state index in [0.717, 1.165) is 31.0 Å². The van der Waals surface area contributed by atoms with E-state index in [0.29, 0.717) is 5.92 Å². The van der Waals surface area contributed by atoms with E-state index >= 15 is 0 Å². The van der Waals surface area contributed by atoms with E-state index in [-0.39, 0.29) is 5.82 Å². The second kappa shape index (κ2) is 9.62. The zero-order chi connectivity index (χ0) is 17.4. The van der Waals surface area contributed by atoms with Gasteiger partial charge in [-0.1, -0.05) is 13.0 Å². The van der Waals surface area contributed by atoms with Gasteiger partial charge in [-0.2, -0.15) is 0 Å². The van der Waals surface area contributed by atoms with Gasteiger partial charge in [0.05, 0.1) is 0 Å². The smallest absolute Gasteiger partial charge is 0.190 e. The van der Waals surface area contributed by atoms with Crippen LogP contribution in [0.5, 0.6) is 0 Å². The second-order valence-electron chi connectivity index (χ2n) is 6.66. The largest absolute Gasteiger partial charge is 0.356 e. The molecule has 1 heterocycles. The average Bonchev–Trinajstić information content (AvgIpc) is 3.00. The molecule has 1 aliphatic rings. The molecule has 24 heavy (non-hydrogen) atoms. The molecule has 0 saturated carbocycles. The van der Waals surface area contributed by atoms with E-state index in [9.17, 15) is 4.39 Å². The molecule has 1 aromatic rings. The molecule has 0 spiro atoms. The molecule has 0 aromatic heterocycles. The predicted octanol–water partition coefficient (Wildman–Crippen LogP) is 2.57. The van der Waals surface area contributed by atoms with Crippen LogP contribution >= 0.6 is 0 Å². The van der Waals surface area contributed by atoms with Crippen LogP contribution in [0.2, 0.25) is 0 Å². The minimum atomic E-state index is -0.171. The van der Waals surface area contributed by atoms with Gasteiger partial charge in [-0.25, -0.2) is 4.39 Å². The molecule has 0 aliphatic carbocycles. The van der Waals surface area contributed by atoms with Gasteiger partial charge in [0.25, 0.3) is 0 Å². The molecule has 0 bridgehead atoms. The Labute approximate surface area is 145 Å². The molecule has 1 aromatic carbocycles. The number of hydrogen-bond acceptors (Lipinski definition) is 2. The van der Waals surface area contributed by atoms with Gasteiger partial charge in [-0.05, 0) is 68.5 Å². The summed E-state index contributed by atoms with van der Waals surface area (Å²) in [6.07, 6.45) is 3.35. The molecule has 134 valence electrons. The molecule has 2 N–H and O–H groups in total. The Morgan fingerprint density at radius 2 is 2.21 bits per heavy atom. The SMILES string of the molecule is CCCN1CCC(CNC(=NC)NCCc2ccc(F)cc2C)C1. The number of nitrogens with one attached hydrogen (secondary N) is 2. The van der Waals surface area contributed by atoms with Crippen LogP contribution in [0.3, 0.4) is 0 Å². The Morgan fingerprint density at radius 3 is 2.92 bits per heavy atom. The molecular formula is C19H31FN4. The molecule has 1 fully saturated rings. The van der Waals surface area contributed by atoms with Gasteiger partial charge in [0.2, 0.25) is 0 Å². The summed E-state index contributed by atoms with van der Waals surface area (Å²) in [5.74, 6) is 1.38. The number of aryl methyl sites for hydroxylation is 1. The number of aliphatic imine (C=N–C) groups is 1. The number of benzene rings is 1. The lowest BCUT2D eigenvalue weighted by atomic mass is 10.1. The molecule has 0 radical (unpaired) electrons. The van der Waals surface area contributed by atoms with Crippen molar-refractivity contribution in [2.75, 3.05) is 39.8 Å². The highest BCUT2D eigenvalue weighted by Crippen LogP contribution is 2.15. The van der Waals surface area contributed by atoms with Crippen molar-refractivity contribution in [3.05, 3.63) is 35.1 Å². The van der Waals surface area contributed by atoms with Gasteiger partial charge in [-0.15, -0.1) is 0 Å². The van der Waals surface area contributed by atoms with Crippen LogP contribution in [-0.4, -0.2) is 50.6 Å². The predicted molar refractivity (Wildman–Crippen MR) is 99.0 cm³/mol. The number of halogens is 1.